The molecule has 0 saturated carbocycles. The van der Waals surface area contributed by atoms with Gasteiger partial charge in [-0.25, -0.2) is 17.7 Å². The van der Waals surface area contributed by atoms with Crippen LogP contribution in [0.5, 0.6) is 0 Å². The molecule has 1 aromatic heterocycles. The quantitative estimate of drug-likeness (QED) is 0.326. The second-order valence-electron chi connectivity index (χ2n) is 10.2. The molecule has 39 heavy (non-hydrogen) atoms. The van der Waals surface area contributed by atoms with Crippen LogP contribution in [0.2, 0.25) is 5.02 Å². The highest BCUT2D eigenvalue weighted by molar-refractivity contribution is 7.91. The first-order valence-corrected chi connectivity index (χ1v) is 16.1. The summed E-state index contributed by atoms with van der Waals surface area (Å²) in [6.07, 6.45) is 2.85. The van der Waals surface area contributed by atoms with Gasteiger partial charge in [-0.1, -0.05) is 35.1 Å². The average Bonchev–Trinajstić information content (AvgIpc) is 3.25. The molecule has 0 spiro atoms. The summed E-state index contributed by atoms with van der Waals surface area (Å²) in [6.45, 7) is 3.38. The fourth-order valence-electron chi connectivity index (χ4n) is 5.47. The number of likely N-dealkylation sites (N-methyl/N-ethyl adjacent to an activating group) is 1. The molecule has 212 valence electrons. The highest BCUT2D eigenvalue weighted by atomic mass is 35.5. The van der Waals surface area contributed by atoms with Crippen LogP contribution in [-0.4, -0.2) is 77.0 Å². The molecule has 2 heterocycles. The number of aromatic nitrogens is 1. The first-order valence-electron chi connectivity index (χ1n) is 13.2. The number of rotatable bonds is 10. The van der Waals surface area contributed by atoms with Crippen LogP contribution < -0.4 is 9.28 Å². The molecule has 0 unspecified atom stereocenters. The summed E-state index contributed by atoms with van der Waals surface area (Å²) >= 11 is 7.68. The third-order valence-corrected chi connectivity index (χ3v) is 10.7. The van der Waals surface area contributed by atoms with Crippen molar-refractivity contribution in [1.29, 1.82) is 0 Å². The maximum atomic E-state index is 14.1. The van der Waals surface area contributed by atoms with Gasteiger partial charge in [-0.2, -0.15) is 0 Å². The van der Waals surface area contributed by atoms with Crippen LogP contribution >= 0.6 is 22.9 Å². The Bertz CT molecular complexity index is 1510. The van der Waals surface area contributed by atoms with E-state index in [4.69, 9.17) is 16.3 Å². The molecule has 0 radical (unpaired) electrons. The Morgan fingerprint density at radius 1 is 1.15 bits per heavy atom. The van der Waals surface area contributed by atoms with Gasteiger partial charge in [-0.3, -0.25) is 14.5 Å². The van der Waals surface area contributed by atoms with Crippen LogP contribution in [0.3, 0.4) is 0 Å². The molecule has 3 aromatic rings. The predicted octanol–water partition coefficient (Wildman–Crippen LogP) is 4.38. The number of halogens is 1. The lowest BCUT2D eigenvalue weighted by Crippen LogP contribution is -2.59. The number of quaternary nitrogens is 1. The zero-order valence-corrected chi connectivity index (χ0v) is 25.5. The van der Waals surface area contributed by atoms with E-state index in [2.05, 4.69) is 9.89 Å². The summed E-state index contributed by atoms with van der Waals surface area (Å²) in [6, 6.07) is 10.4. The summed E-state index contributed by atoms with van der Waals surface area (Å²) in [7, 11) is 3.79. The molecule has 0 bridgehead atoms. The van der Waals surface area contributed by atoms with Crippen molar-refractivity contribution in [3.05, 3.63) is 51.1 Å². The second kappa shape index (κ2) is 12.6. The smallest absolute Gasteiger partial charge is 0.321 e. The molecule has 0 N–H and O–H groups in total. The summed E-state index contributed by atoms with van der Waals surface area (Å²) in [5.41, 5.74) is 0. The number of benzene rings is 2. The molecule has 0 atom stereocenters. The summed E-state index contributed by atoms with van der Waals surface area (Å²) in [4.78, 5) is 22.9. The van der Waals surface area contributed by atoms with Gasteiger partial charge in [0.15, 0.2) is 14.6 Å². The molecule has 11 heteroatoms. The van der Waals surface area contributed by atoms with Crippen LogP contribution in [0.15, 0.2) is 46.3 Å². The number of carbonyl (C=O) groups is 1. The number of likely N-dealkylation sites (tertiary alicyclic amines) is 1. The maximum Gasteiger partial charge on any atom is 0.321 e. The number of carbonyl (C=O) groups excluding carboxylic acids is 1. The molecule has 0 aliphatic carbocycles. The minimum absolute atomic E-state index is 0.0472. The Kier molecular flexibility index (Phi) is 9.67. The molecule has 1 aliphatic rings. The fraction of sp³-hybridized carbons (Fsp3) is 0.500. The second-order valence-corrected chi connectivity index (χ2v) is 13.8. The Morgan fingerprint density at radius 2 is 1.85 bits per heavy atom. The van der Waals surface area contributed by atoms with Crippen molar-refractivity contribution in [2.75, 3.05) is 53.2 Å². The van der Waals surface area contributed by atoms with Crippen molar-refractivity contribution < 1.29 is 17.9 Å². The van der Waals surface area contributed by atoms with E-state index in [1.54, 1.807) is 49.8 Å². The minimum atomic E-state index is -3.66. The standard InChI is InChI=1S/C28H38ClN4O4S2/c1-30-28-32(3)27(25(38-28)20-31(2)13-16-37-4)33(14-6-5-7-15-33)26(34)12-17-39(35,36)24-11-9-21-18-23(29)10-8-22(21)19-24/h8-11,18-19H,5-7,12-17,20H2,1-4H3/q+1. The van der Waals surface area contributed by atoms with Gasteiger partial charge in [-0.15, -0.1) is 0 Å². The number of ether oxygens (including phenoxy) is 1. The first kappa shape index (κ1) is 29.9. The van der Waals surface area contributed by atoms with Gasteiger partial charge in [-0.05, 0) is 61.3 Å². The number of sulfone groups is 1. The van der Waals surface area contributed by atoms with Crippen LogP contribution in [0.1, 0.15) is 30.6 Å². The highest BCUT2D eigenvalue weighted by Gasteiger charge is 2.45. The highest BCUT2D eigenvalue weighted by Crippen LogP contribution is 2.35. The molecule has 1 amide bonds. The Balaban J connectivity index is 1.64. The van der Waals surface area contributed by atoms with Gasteiger partial charge in [0.05, 0.1) is 36.8 Å². The average molecular weight is 594 g/mol. The Morgan fingerprint density at radius 3 is 2.54 bits per heavy atom. The van der Waals surface area contributed by atoms with E-state index in [-0.39, 0.29) is 27.5 Å². The van der Waals surface area contributed by atoms with Crippen LogP contribution in [0.4, 0.5) is 5.82 Å². The van der Waals surface area contributed by atoms with E-state index in [0.717, 1.165) is 52.1 Å². The van der Waals surface area contributed by atoms with Crippen molar-refractivity contribution in [1.82, 2.24) is 14.0 Å². The number of nitrogens with zero attached hydrogens (tertiary/aromatic N) is 4. The number of hydrogen-bond acceptors (Lipinski definition) is 7. The number of methoxy groups -OCH3 is 1. The van der Waals surface area contributed by atoms with E-state index in [9.17, 15) is 13.2 Å². The molecule has 8 nitrogen and oxygen atoms in total. The van der Waals surface area contributed by atoms with Gasteiger partial charge < -0.3 is 4.74 Å². The molecular formula is C28H38ClN4O4S2+. The SMILES string of the molecule is CN=c1sc(CN(C)CCOC)c([N+]2(C(=O)CCS(=O)(=O)c3ccc4cc(Cl)ccc4c3)CCCCC2)n1C. The fourth-order valence-corrected chi connectivity index (χ4v) is 8.14. The number of fused-ring (bicyclic) bond motifs is 1. The number of amides is 1. The summed E-state index contributed by atoms with van der Waals surface area (Å²) < 4.78 is 34.2. The Hall–Kier alpha value is -2.08. The van der Waals surface area contributed by atoms with Gasteiger partial charge in [0.1, 0.15) is 4.88 Å². The number of thiazole rings is 1. The molecule has 1 saturated heterocycles. The van der Waals surface area contributed by atoms with Crippen molar-refractivity contribution in [2.45, 2.75) is 37.1 Å². The third kappa shape index (κ3) is 6.47. The lowest BCUT2D eigenvalue weighted by molar-refractivity contribution is -0.131. The number of piperidine rings is 1. The van der Waals surface area contributed by atoms with Crippen LogP contribution in [0, 0.1) is 0 Å². The van der Waals surface area contributed by atoms with Crippen LogP contribution in [0.25, 0.3) is 10.8 Å². The maximum absolute atomic E-state index is 14.1. The predicted molar refractivity (Wildman–Crippen MR) is 159 cm³/mol. The van der Waals surface area contributed by atoms with Crippen molar-refractivity contribution in [3.63, 3.8) is 0 Å². The minimum Gasteiger partial charge on any atom is -0.383 e. The largest absolute Gasteiger partial charge is 0.383 e. The zero-order valence-electron chi connectivity index (χ0n) is 23.2. The normalized spacial score (nSPS) is 16.3. The molecule has 2 aromatic carbocycles. The lowest BCUT2D eigenvalue weighted by Gasteiger charge is -2.39. The molecule has 4 rings (SSSR count). The van der Waals surface area contributed by atoms with Crippen molar-refractivity contribution >= 4 is 55.3 Å². The topological polar surface area (TPSA) is 81.0 Å². The van der Waals surface area contributed by atoms with E-state index in [1.165, 1.54) is 0 Å². The molecule has 1 aliphatic heterocycles. The monoisotopic (exact) mass is 593 g/mol. The Labute approximate surface area is 240 Å². The zero-order chi connectivity index (χ0) is 28.2. The first-order chi connectivity index (χ1) is 18.6. The van der Waals surface area contributed by atoms with Gasteiger partial charge in [0, 0.05) is 39.3 Å². The van der Waals surface area contributed by atoms with E-state index < -0.39 is 9.84 Å². The van der Waals surface area contributed by atoms with E-state index >= 15 is 0 Å². The third-order valence-electron chi connectivity index (χ3n) is 7.53. The van der Waals surface area contributed by atoms with Gasteiger partial charge in [0.2, 0.25) is 5.82 Å². The summed E-state index contributed by atoms with van der Waals surface area (Å²) in [5, 5.41) is 2.28. The van der Waals surface area contributed by atoms with Crippen LogP contribution in [-0.2, 0) is 33.0 Å². The van der Waals surface area contributed by atoms with Crippen molar-refractivity contribution in [2.24, 2.45) is 12.0 Å². The van der Waals surface area contributed by atoms with Gasteiger partial charge in [0.25, 0.3) is 0 Å². The molecular weight excluding hydrogens is 556 g/mol. The van der Waals surface area contributed by atoms with Crippen molar-refractivity contribution in [3.8, 4) is 0 Å². The van der Waals surface area contributed by atoms with E-state index in [1.807, 2.05) is 30.8 Å². The molecule has 1 fully saturated rings. The van der Waals surface area contributed by atoms with Gasteiger partial charge >= 0.3 is 5.91 Å². The van der Waals surface area contributed by atoms with E-state index in [0.29, 0.717) is 31.3 Å². The number of hydrogen-bond donors (Lipinski definition) is 0. The summed E-state index contributed by atoms with van der Waals surface area (Å²) in [5.74, 6) is 0.657. The lowest BCUT2D eigenvalue weighted by atomic mass is 10.1.